The van der Waals surface area contributed by atoms with Gasteiger partial charge in [-0.1, -0.05) is 0 Å². The quantitative estimate of drug-likeness (QED) is 0.852. The van der Waals surface area contributed by atoms with Gasteiger partial charge in [0.25, 0.3) is 0 Å². The third kappa shape index (κ3) is 2.55. The predicted molar refractivity (Wildman–Crippen MR) is 77.1 cm³/mol. The van der Waals surface area contributed by atoms with E-state index in [2.05, 4.69) is 18.9 Å². The number of likely N-dealkylation sites (N-methyl/N-ethyl adjacent to an activating group) is 1. The summed E-state index contributed by atoms with van der Waals surface area (Å²) in [5, 5.41) is 0. The van der Waals surface area contributed by atoms with Crippen LogP contribution in [0.1, 0.15) is 18.9 Å². The average molecular weight is 278 g/mol. The molecular formula is C15H22N2O3. The zero-order valence-electron chi connectivity index (χ0n) is 12.1. The van der Waals surface area contributed by atoms with Gasteiger partial charge in [-0.15, -0.1) is 0 Å². The lowest BCUT2D eigenvalue weighted by atomic mass is 10.1. The minimum Gasteiger partial charge on any atom is -0.486 e. The van der Waals surface area contributed by atoms with E-state index >= 15 is 0 Å². The normalized spacial score (nSPS) is 25.1. The van der Waals surface area contributed by atoms with Gasteiger partial charge in [-0.05, 0) is 32.0 Å². The van der Waals surface area contributed by atoms with Crippen molar-refractivity contribution in [1.29, 1.82) is 0 Å². The van der Waals surface area contributed by atoms with E-state index in [1.807, 2.05) is 12.1 Å². The Bertz CT molecular complexity index is 492. The van der Waals surface area contributed by atoms with Gasteiger partial charge in [0, 0.05) is 30.9 Å². The third-order valence-electron chi connectivity index (χ3n) is 4.13. The summed E-state index contributed by atoms with van der Waals surface area (Å²) in [5.74, 6) is 1.54. The smallest absolute Gasteiger partial charge is 0.163 e. The van der Waals surface area contributed by atoms with Crippen molar-refractivity contribution in [3.63, 3.8) is 0 Å². The van der Waals surface area contributed by atoms with Crippen molar-refractivity contribution in [1.82, 2.24) is 4.90 Å². The summed E-state index contributed by atoms with van der Waals surface area (Å²) in [4.78, 5) is 2.30. The van der Waals surface area contributed by atoms with E-state index in [1.165, 1.54) is 0 Å². The lowest BCUT2D eigenvalue weighted by Gasteiger charge is -2.28. The molecule has 20 heavy (non-hydrogen) atoms. The van der Waals surface area contributed by atoms with Gasteiger partial charge in [-0.25, -0.2) is 0 Å². The van der Waals surface area contributed by atoms with Crippen LogP contribution in [0.3, 0.4) is 0 Å². The first-order valence-electron chi connectivity index (χ1n) is 7.15. The van der Waals surface area contributed by atoms with Gasteiger partial charge in [0.1, 0.15) is 13.2 Å². The fourth-order valence-corrected chi connectivity index (χ4v) is 2.97. The standard InChI is InChI=1S/C15H22N2O3/c1-10-13(3-4-18-10)17(2)9-11-7-14-15(8-12(11)16)20-6-5-19-14/h7-8,10,13H,3-6,9,16H2,1-2H3. The number of ether oxygens (including phenoxy) is 3. The molecule has 0 aromatic heterocycles. The number of rotatable bonds is 3. The van der Waals surface area contributed by atoms with E-state index < -0.39 is 0 Å². The molecule has 5 heteroatoms. The first-order chi connectivity index (χ1) is 9.65. The maximum atomic E-state index is 6.13. The molecule has 0 amide bonds. The summed E-state index contributed by atoms with van der Waals surface area (Å²) in [5.41, 5.74) is 7.97. The molecule has 0 radical (unpaired) electrons. The molecule has 2 atom stereocenters. The molecular weight excluding hydrogens is 256 g/mol. The zero-order chi connectivity index (χ0) is 14.1. The molecule has 2 aliphatic rings. The van der Waals surface area contributed by atoms with E-state index in [9.17, 15) is 0 Å². The van der Waals surface area contributed by atoms with Gasteiger partial charge in [-0.2, -0.15) is 0 Å². The van der Waals surface area contributed by atoms with E-state index in [4.69, 9.17) is 19.9 Å². The fourth-order valence-electron chi connectivity index (χ4n) is 2.97. The lowest BCUT2D eigenvalue weighted by molar-refractivity contribution is 0.0814. The molecule has 3 rings (SSSR count). The maximum Gasteiger partial charge on any atom is 0.163 e. The Morgan fingerprint density at radius 3 is 2.55 bits per heavy atom. The van der Waals surface area contributed by atoms with Crippen LogP contribution < -0.4 is 15.2 Å². The number of benzene rings is 1. The predicted octanol–water partition coefficient (Wildman–Crippen LogP) is 1.65. The van der Waals surface area contributed by atoms with Crippen LogP contribution in [0.5, 0.6) is 11.5 Å². The highest BCUT2D eigenvalue weighted by atomic mass is 16.6. The number of nitrogens with zero attached hydrogens (tertiary/aromatic N) is 1. The molecule has 0 bridgehead atoms. The van der Waals surface area contributed by atoms with Crippen molar-refractivity contribution >= 4 is 5.69 Å². The Labute approximate surface area is 119 Å². The van der Waals surface area contributed by atoms with E-state index in [1.54, 1.807) is 0 Å². The zero-order valence-corrected chi connectivity index (χ0v) is 12.1. The Kier molecular flexibility index (Phi) is 3.72. The second kappa shape index (κ2) is 5.50. The minimum atomic E-state index is 0.276. The Hall–Kier alpha value is -1.46. The van der Waals surface area contributed by atoms with Gasteiger partial charge in [0.2, 0.25) is 0 Å². The van der Waals surface area contributed by atoms with Crippen molar-refractivity contribution in [2.24, 2.45) is 0 Å². The van der Waals surface area contributed by atoms with Crippen molar-refractivity contribution in [2.45, 2.75) is 32.0 Å². The summed E-state index contributed by atoms with van der Waals surface area (Å²) in [6.45, 7) is 4.94. The van der Waals surface area contributed by atoms with Crippen LogP contribution in [0.2, 0.25) is 0 Å². The number of nitrogens with two attached hydrogens (primary N) is 1. The topological polar surface area (TPSA) is 57.0 Å². The summed E-state index contributed by atoms with van der Waals surface area (Å²) in [6, 6.07) is 4.31. The van der Waals surface area contributed by atoms with Gasteiger partial charge in [0.15, 0.2) is 11.5 Å². The fraction of sp³-hybridized carbons (Fsp3) is 0.600. The third-order valence-corrected chi connectivity index (χ3v) is 4.13. The summed E-state index contributed by atoms with van der Waals surface area (Å²) < 4.78 is 16.8. The second-order valence-electron chi connectivity index (χ2n) is 5.54. The van der Waals surface area contributed by atoms with Crippen LogP contribution in [0, 0.1) is 0 Å². The van der Waals surface area contributed by atoms with Crippen LogP contribution in [-0.4, -0.2) is 43.9 Å². The number of anilines is 1. The van der Waals surface area contributed by atoms with Gasteiger partial charge < -0.3 is 19.9 Å². The highest BCUT2D eigenvalue weighted by molar-refractivity contribution is 5.58. The second-order valence-corrected chi connectivity index (χ2v) is 5.54. The number of hydrogen-bond donors (Lipinski definition) is 1. The molecule has 0 aliphatic carbocycles. The molecule has 2 heterocycles. The molecule has 1 fully saturated rings. The molecule has 2 N–H and O–H groups in total. The SMILES string of the molecule is CC1OCCC1N(C)Cc1cc2c(cc1N)OCCO2. The van der Waals surface area contributed by atoms with Crippen LogP contribution in [0.25, 0.3) is 0 Å². The monoisotopic (exact) mass is 278 g/mol. The number of fused-ring (bicyclic) bond motifs is 1. The Balaban J connectivity index is 1.76. The van der Waals surface area contributed by atoms with Crippen LogP contribution in [0.4, 0.5) is 5.69 Å². The number of nitrogen functional groups attached to an aromatic ring is 1. The highest BCUT2D eigenvalue weighted by Crippen LogP contribution is 2.35. The lowest BCUT2D eigenvalue weighted by Crippen LogP contribution is -2.36. The Morgan fingerprint density at radius 1 is 1.20 bits per heavy atom. The molecule has 1 aromatic rings. The molecule has 2 unspecified atom stereocenters. The van der Waals surface area contributed by atoms with E-state index in [-0.39, 0.29) is 6.10 Å². The molecule has 110 valence electrons. The van der Waals surface area contributed by atoms with E-state index in [0.717, 1.165) is 42.3 Å². The van der Waals surface area contributed by atoms with Crippen molar-refractivity contribution in [3.8, 4) is 11.5 Å². The average Bonchev–Trinajstić information content (AvgIpc) is 2.86. The molecule has 1 aromatic carbocycles. The molecule has 2 aliphatic heterocycles. The first-order valence-corrected chi connectivity index (χ1v) is 7.15. The van der Waals surface area contributed by atoms with Crippen molar-refractivity contribution in [2.75, 3.05) is 32.6 Å². The van der Waals surface area contributed by atoms with Crippen LogP contribution >= 0.6 is 0 Å². The highest BCUT2D eigenvalue weighted by Gasteiger charge is 2.28. The van der Waals surface area contributed by atoms with Crippen LogP contribution in [0.15, 0.2) is 12.1 Å². The minimum absolute atomic E-state index is 0.276. The summed E-state index contributed by atoms with van der Waals surface area (Å²) in [7, 11) is 2.12. The van der Waals surface area contributed by atoms with Gasteiger partial charge in [-0.3, -0.25) is 4.90 Å². The molecule has 5 nitrogen and oxygen atoms in total. The summed E-state index contributed by atoms with van der Waals surface area (Å²) >= 11 is 0. The number of hydrogen-bond acceptors (Lipinski definition) is 5. The molecule has 1 saturated heterocycles. The molecule has 0 saturated carbocycles. The maximum absolute atomic E-state index is 6.13. The first kappa shape index (κ1) is 13.5. The van der Waals surface area contributed by atoms with Crippen LogP contribution in [-0.2, 0) is 11.3 Å². The van der Waals surface area contributed by atoms with E-state index in [0.29, 0.717) is 19.3 Å². The summed E-state index contributed by atoms with van der Waals surface area (Å²) in [6.07, 6.45) is 1.35. The largest absolute Gasteiger partial charge is 0.486 e. The van der Waals surface area contributed by atoms with Crippen molar-refractivity contribution in [3.05, 3.63) is 17.7 Å². The van der Waals surface area contributed by atoms with Crippen molar-refractivity contribution < 1.29 is 14.2 Å². The Morgan fingerprint density at radius 2 is 1.90 bits per heavy atom. The van der Waals surface area contributed by atoms with Gasteiger partial charge in [0.05, 0.1) is 6.10 Å². The van der Waals surface area contributed by atoms with Gasteiger partial charge >= 0.3 is 0 Å². The molecule has 0 spiro atoms.